The first kappa shape index (κ1) is 13.0. The van der Waals surface area contributed by atoms with E-state index in [4.69, 9.17) is 16.8 Å². The van der Waals surface area contributed by atoms with Gasteiger partial charge in [-0.1, -0.05) is 11.2 Å². The van der Waals surface area contributed by atoms with Crippen LogP contribution in [0.3, 0.4) is 0 Å². The fraction of sp³-hybridized carbons (Fsp3) is 0.462. The molecule has 2 nitrogen and oxygen atoms in total. The van der Waals surface area contributed by atoms with Crippen molar-refractivity contribution < 1.29 is 5.21 Å². The van der Waals surface area contributed by atoms with Crippen LogP contribution in [0.4, 0.5) is 0 Å². The zero-order valence-corrected chi connectivity index (χ0v) is 11.2. The monoisotopic (exact) mass is 239 g/mol. The largest absolute Gasteiger partial charge is 0.411 e. The van der Waals surface area contributed by atoms with E-state index in [2.05, 4.69) is 38.9 Å². The van der Waals surface area contributed by atoms with Gasteiger partial charge in [-0.2, -0.15) is 0 Å². The zero-order chi connectivity index (χ0) is 12.5. The summed E-state index contributed by atoms with van der Waals surface area (Å²) in [6.07, 6.45) is 0. The van der Waals surface area contributed by atoms with Crippen LogP contribution in [-0.4, -0.2) is 10.9 Å². The molecule has 0 aliphatic rings. The van der Waals surface area contributed by atoms with Crippen LogP contribution in [0, 0.1) is 27.7 Å². The fourth-order valence-corrected chi connectivity index (χ4v) is 2.26. The molecule has 1 atom stereocenters. The molecule has 1 unspecified atom stereocenters. The van der Waals surface area contributed by atoms with Crippen LogP contribution in [0.15, 0.2) is 11.2 Å². The molecule has 0 amide bonds. The number of nitrogens with zero attached hydrogens (tertiary/aromatic N) is 1. The second kappa shape index (κ2) is 4.88. The molecule has 3 heteroatoms. The average Bonchev–Trinajstić information content (AvgIpc) is 2.25. The topological polar surface area (TPSA) is 32.6 Å². The lowest BCUT2D eigenvalue weighted by Gasteiger charge is -2.19. The molecule has 88 valence electrons. The van der Waals surface area contributed by atoms with Crippen LogP contribution in [0.2, 0.25) is 0 Å². The summed E-state index contributed by atoms with van der Waals surface area (Å²) < 4.78 is 0. The van der Waals surface area contributed by atoms with Crippen LogP contribution in [-0.2, 0) is 0 Å². The van der Waals surface area contributed by atoms with Crippen LogP contribution < -0.4 is 0 Å². The van der Waals surface area contributed by atoms with Gasteiger partial charge in [-0.25, -0.2) is 0 Å². The molecule has 1 N–H and O–H groups in total. The molecule has 0 aliphatic heterocycles. The third kappa shape index (κ3) is 2.22. The van der Waals surface area contributed by atoms with Crippen LogP contribution in [0.5, 0.6) is 0 Å². The van der Waals surface area contributed by atoms with E-state index in [1.165, 1.54) is 22.3 Å². The average molecular weight is 240 g/mol. The number of benzene rings is 1. The molecule has 0 bridgehead atoms. The summed E-state index contributed by atoms with van der Waals surface area (Å²) in [6, 6.07) is 2.16. The maximum atomic E-state index is 8.79. The van der Waals surface area contributed by atoms with E-state index in [0.717, 1.165) is 5.56 Å². The molecule has 1 aromatic rings. The summed E-state index contributed by atoms with van der Waals surface area (Å²) in [5.74, 6) is 0. The van der Waals surface area contributed by atoms with Gasteiger partial charge < -0.3 is 5.21 Å². The number of rotatable bonds is 2. The van der Waals surface area contributed by atoms with E-state index in [-0.39, 0.29) is 5.38 Å². The van der Waals surface area contributed by atoms with Crippen LogP contribution in [0.25, 0.3) is 0 Å². The van der Waals surface area contributed by atoms with Gasteiger partial charge in [0.05, 0.1) is 5.71 Å². The van der Waals surface area contributed by atoms with E-state index in [0.29, 0.717) is 5.71 Å². The number of hydrogen-bond donors (Lipinski definition) is 1. The van der Waals surface area contributed by atoms with Crippen molar-refractivity contribution >= 4 is 17.3 Å². The second-order valence-corrected chi connectivity index (χ2v) is 4.71. The summed E-state index contributed by atoms with van der Waals surface area (Å²) in [4.78, 5) is 0. The zero-order valence-electron chi connectivity index (χ0n) is 10.4. The van der Waals surface area contributed by atoms with Crippen LogP contribution in [0.1, 0.15) is 40.1 Å². The summed E-state index contributed by atoms with van der Waals surface area (Å²) in [5.41, 5.74) is 6.37. The maximum absolute atomic E-state index is 8.79. The minimum absolute atomic E-state index is 0.358. The van der Waals surface area contributed by atoms with Crippen molar-refractivity contribution in [2.75, 3.05) is 0 Å². The Morgan fingerprint density at radius 2 is 1.62 bits per heavy atom. The Balaban J connectivity index is 3.43. The standard InChI is InChI=1S/C13H18ClNO/c1-7-6-8(2)10(4)12(9(7)3)13(14)11(5)15-16/h6,13,16H,1-5H3/b15-11+. The van der Waals surface area contributed by atoms with Crippen molar-refractivity contribution in [1.82, 2.24) is 0 Å². The third-order valence-corrected chi connectivity index (χ3v) is 3.74. The van der Waals surface area contributed by atoms with Crippen molar-refractivity contribution in [3.05, 3.63) is 33.9 Å². The molecular formula is C13H18ClNO. The van der Waals surface area contributed by atoms with Gasteiger partial charge in [0, 0.05) is 0 Å². The van der Waals surface area contributed by atoms with E-state index >= 15 is 0 Å². The number of halogens is 1. The van der Waals surface area contributed by atoms with Gasteiger partial charge in [-0.15, -0.1) is 11.6 Å². The summed E-state index contributed by atoms with van der Waals surface area (Å²) in [7, 11) is 0. The molecule has 1 aromatic carbocycles. The first-order valence-corrected chi connectivity index (χ1v) is 5.73. The van der Waals surface area contributed by atoms with E-state index in [1.807, 2.05) is 0 Å². The lowest BCUT2D eigenvalue weighted by molar-refractivity contribution is 0.317. The van der Waals surface area contributed by atoms with Crippen molar-refractivity contribution in [2.24, 2.45) is 5.16 Å². The smallest absolute Gasteiger partial charge is 0.100 e. The van der Waals surface area contributed by atoms with Gasteiger partial charge in [0.2, 0.25) is 0 Å². The number of hydrogen-bond acceptors (Lipinski definition) is 2. The van der Waals surface area contributed by atoms with Gasteiger partial charge in [-0.3, -0.25) is 0 Å². The molecule has 0 radical (unpaired) electrons. The lowest BCUT2D eigenvalue weighted by atomic mass is 9.91. The molecule has 16 heavy (non-hydrogen) atoms. The highest BCUT2D eigenvalue weighted by Crippen LogP contribution is 2.32. The normalized spacial score (nSPS) is 14.0. The molecule has 0 spiro atoms. The number of aryl methyl sites for hydroxylation is 2. The first-order valence-electron chi connectivity index (χ1n) is 5.30. The SMILES string of the molecule is C/C(=N\O)C(Cl)c1c(C)c(C)cc(C)c1C. The quantitative estimate of drug-likeness (QED) is 0.359. The molecule has 0 heterocycles. The Morgan fingerprint density at radius 1 is 1.19 bits per heavy atom. The van der Waals surface area contributed by atoms with Crippen LogP contribution >= 0.6 is 11.6 Å². The van der Waals surface area contributed by atoms with Gasteiger partial charge in [0.15, 0.2) is 0 Å². The second-order valence-electron chi connectivity index (χ2n) is 4.28. The first-order chi connectivity index (χ1) is 7.40. The molecule has 0 aliphatic carbocycles. The Bertz CT molecular complexity index is 412. The summed E-state index contributed by atoms with van der Waals surface area (Å²) >= 11 is 6.32. The molecule has 0 fully saturated rings. The summed E-state index contributed by atoms with van der Waals surface area (Å²) in [6.45, 7) is 9.98. The van der Waals surface area contributed by atoms with Crippen molar-refractivity contribution in [3.8, 4) is 0 Å². The number of alkyl halides is 1. The van der Waals surface area contributed by atoms with Gasteiger partial charge >= 0.3 is 0 Å². The highest BCUT2D eigenvalue weighted by molar-refractivity contribution is 6.32. The van der Waals surface area contributed by atoms with Gasteiger partial charge in [0.1, 0.15) is 5.38 Å². The molecular weight excluding hydrogens is 222 g/mol. The Kier molecular flexibility index (Phi) is 3.98. The molecule has 0 saturated carbocycles. The third-order valence-electron chi connectivity index (χ3n) is 3.20. The van der Waals surface area contributed by atoms with Gasteiger partial charge in [-0.05, 0) is 62.4 Å². The van der Waals surface area contributed by atoms with E-state index < -0.39 is 0 Å². The molecule has 0 aromatic heterocycles. The summed E-state index contributed by atoms with van der Waals surface area (Å²) in [5, 5.41) is 11.6. The van der Waals surface area contributed by atoms with Crippen molar-refractivity contribution in [1.29, 1.82) is 0 Å². The Labute approximate surface area is 102 Å². The van der Waals surface area contributed by atoms with Gasteiger partial charge in [0.25, 0.3) is 0 Å². The lowest BCUT2D eigenvalue weighted by Crippen LogP contribution is -2.08. The fourth-order valence-electron chi connectivity index (χ4n) is 1.89. The predicted molar refractivity (Wildman–Crippen MR) is 68.9 cm³/mol. The van der Waals surface area contributed by atoms with E-state index in [1.54, 1.807) is 6.92 Å². The predicted octanol–water partition coefficient (Wildman–Crippen LogP) is 4.05. The molecule has 1 rings (SSSR count). The Hall–Kier alpha value is -1.02. The molecule has 0 saturated heterocycles. The van der Waals surface area contributed by atoms with Crippen molar-refractivity contribution in [2.45, 2.75) is 40.0 Å². The number of oxime groups is 1. The minimum atomic E-state index is -0.358. The Morgan fingerprint density at radius 3 is 2.00 bits per heavy atom. The maximum Gasteiger partial charge on any atom is 0.100 e. The van der Waals surface area contributed by atoms with Crippen molar-refractivity contribution in [3.63, 3.8) is 0 Å². The highest BCUT2D eigenvalue weighted by atomic mass is 35.5. The van der Waals surface area contributed by atoms with E-state index in [9.17, 15) is 0 Å². The highest BCUT2D eigenvalue weighted by Gasteiger charge is 2.19. The minimum Gasteiger partial charge on any atom is -0.411 e.